The van der Waals surface area contributed by atoms with Gasteiger partial charge in [-0.2, -0.15) is 5.26 Å². The fraction of sp³-hybridized carbons (Fsp3) is 0.400. The third-order valence-corrected chi connectivity index (χ3v) is 6.10. The van der Waals surface area contributed by atoms with Crippen LogP contribution < -0.4 is 5.32 Å². The molecule has 1 N–H and O–H groups in total. The van der Waals surface area contributed by atoms with Crippen molar-refractivity contribution in [2.45, 2.75) is 29.6 Å². The van der Waals surface area contributed by atoms with Crippen LogP contribution >= 0.6 is 34.7 Å². The van der Waals surface area contributed by atoms with Crippen molar-refractivity contribution in [3.05, 3.63) is 23.2 Å². The van der Waals surface area contributed by atoms with Crippen molar-refractivity contribution >= 4 is 50.8 Å². The molecule has 3 rings (SSSR count). The van der Waals surface area contributed by atoms with Gasteiger partial charge in [0.25, 0.3) is 0 Å². The number of benzene rings is 1. The molecule has 4 nitrogen and oxygen atoms in total. The third-order valence-electron chi connectivity index (χ3n) is 3.68. The van der Waals surface area contributed by atoms with Crippen molar-refractivity contribution in [1.82, 2.24) is 10.3 Å². The SMILES string of the molecule is C[C@](C#N)(NC(=O)CSc1nc2cc(Cl)ccc2s1)C1CC1. The van der Waals surface area contributed by atoms with Crippen molar-refractivity contribution < 1.29 is 4.79 Å². The van der Waals surface area contributed by atoms with E-state index in [-0.39, 0.29) is 17.6 Å². The molecule has 114 valence electrons. The Bertz CT molecular complexity index is 766. The highest BCUT2D eigenvalue weighted by molar-refractivity contribution is 8.01. The quantitative estimate of drug-likeness (QED) is 0.831. The van der Waals surface area contributed by atoms with Crippen molar-refractivity contribution in [2.75, 3.05) is 5.75 Å². The summed E-state index contributed by atoms with van der Waals surface area (Å²) >= 11 is 8.87. The molecule has 1 heterocycles. The number of halogens is 1. The summed E-state index contributed by atoms with van der Waals surface area (Å²) in [6, 6.07) is 7.81. The van der Waals surface area contributed by atoms with E-state index >= 15 is 0 Å². The Hall–Kier alpha value is -1.29. The van der Waals surface area contributed by atoms with Crippen LogP contribution in [0.2, 0.25) is 5.02 Å². The zero-order valence-corrected chi connectivity index (χ0v) is 14.3. The molecule has 22 heavy (non-hydrogen) atoms. The van der Waals surface area contributed by atoms with Gasteiger partial charge in [-0.05, 0) is 43.9 Å². The molecule has 1 aliphatic carbocycles. The second-order valence-corrected chi connectivity index (χ2v) is 8.21. The van der Waals surface area contributed by atoms with E-state index in [0.29, 0.717) is 5.02 Å². The van der Waals surface area contributed by atoms with Crippen LogP contribution in [0.25, 0.3) is 10.2 Å². The van der Waals surface area contributed by atoms with E-state index in [1.54, 1.807) is 6.92 Å². The third kappa shape index (κ3) is 3.37. The van der Waals surface area contributed by atoms with Gasteiger partial charge in [0, 0.05) is 5.02 Å². The Morgan fingerprint density at radius 3 is 3.09 bits per heavy atom. The number of hydrogen-bond acceptors (Lipinski definition) is 5. The molecule has 1 aromatic heterocycles. The number of thiazole rings is 1. The van der Waals surface area contributed by atoms with Gasteiger partial charge in [-0.1, -0.05) is 23.4 Å². The number of amides is 1. The van der Waals surface area contributed by atoms with Gasteiger partial charge in [0.05, 0.1) is 22.0 Å². The zero-order valence-electron chi connectivity index (χ0n) is 11.9. The smallest absolute Gasteiger partial charge is 0.231 e. The van der Waals surface area contributed by atoms with Gasteiger partial charge in [-0.3, -0.25) is 4.79 Å². The Kier molecular flexibility index (Phi) is 4.31. The number of rotatable bonds is 5. The summed E-state index contributed by atoms with van der Waals surface area (Å²) in [6.45, 7) is 1.80. The van der Waals surface area contributed by atoms with Crippen molar-refractivity contribution in [2.24, 2.45) is 5.92 Å². The van der Waals surface area contributed by atoms with E-state index in [9.17, 15) is 10.1 Å². The molecule has 1 aliphatic rings. The van der Waals surface area contributed by atoms with Crippen LogP contribution in [0, 0.1) is 17.2 Å². The zero-order chi connectivity index (χ0) is 15.7. The summed E-state index contributed by atoms with van der Waals surface area (Å²) in [7, 11) is 0. The maximum absolute atomic E-state index is 12.1. The van der Waals surface area contributed by atoms with Gasteiger partial charge in [0.15, 0.2) is 4.34 Å². The fourth-order valence-corrected chi connectivity index (χ4v) is 4.29. The van der Waals surface area contributed by atoms with Crippen LogP contribution in [-0.4, -0.2) is 22.2 Å². The molecule has 1 amide bonds. The van der Waals surface area contributed by atoms with Crippen LogP contribution in [0.4, 0.5) is 0 Å². The number of aromatic nitrogens is 1. The van der Waals surface area contributed by atoms with Crippen molar-refractivity contribution in [3.8, 4) is 6.07 Å². The van der Waals surface area contributed by atoms with E-state index in [1.807, 2.05) is 18.2 Å². The van der Waals surface area contributed by atoms with Gasteiger partial charge >= 0.3 is 0 Å². The standard InChI is InChI=1S/C15H14ClN3OS2/c1-15(8-17,9-2-3-9)19-13(20)7-21-14-18-11-6-10(16)4-5-12(11)22-14/h4-6,9H,2-3,7H2,1H3,(H,19,20)/t15-/m1/s1. The molecule has 0 aliphatic heterocycles. The molecular formula is C15H14ClN3OS2. The summed E-state index contributed by atoms with van der Waals surface area (Å²) in [5.74, 6) is 0.423. The lowest BCUT2D eigenvalue weighted by atomic mass is 9.98. The van der Waals surface area contributed by atoms with E-state index < -0.39 is 5.54 Å². The average Bonchev–Trinajstić information content (AvgIpc) is 3.26. The molecule has 2 aromatic rings. The first-order valence-corrected chi connectivity index (χ1v) is 9.09. The topological polar surface area (TPSA) is 65.8 Å². The summed E-state index contributed by atoms with van der Waals surface area (Å²) < 4.78 is 1.88. The first kappa shape index (κ1) is 15.6. The molecule has 0 unspecified atom stereocenters. The van der Waals surface area contributed by atoms with E-state index in [1.165, 1.54) is 23.1 Å². The fourth-order valence-electron chi connectivity index (χ4n) is 2.28. The highest BCUT2D eigenvalue weighted by Gasteiger charge is 2.42. The number of nitrogens with zero attached hydrogens (tertiary/aromatic N) is 2. The second kappa shape index (κ2) is 6.07. The molecule has 1 atom stereocenters. The molecule has 0 bridgehead atoms. The minimum atomic E-state index is -0.737. The van der Waals surface area contributed by atoms with Crippen molar-refractivity contribution in [1.29, 1.82) is 5.26 Å². The molecule has 1 aromatic carbocycles. The van der Waals surface area contributed by atoms with E-state index in [2.05, 4.69) is 16.4 Å². The normalized spacial score (nSPS) is 17.0. The van der Waals surface area contributed by atoms with Crippen LogP contribution in [0.1, 0.15) is 19.8 Å². The Balaban J connectivity index is 1.61. The maximum Gasteiger partial charge on any atom is 0.231 e. The summed E-state index contributed by atoms with van der Waals surface area (Å²) in [5, 5.41) is 12.8. The number of nitriles is 1. The Morgan fingerprint density at radius 1 is 1.64 bits per heavy atom. The Morgan fingerprint density at radius 2 is 2.41 bits per heavy atom. The number of thioether (sulfide) groups is 1. The lowest BCUT2D eigenvalue weighted by Gasteiger charge is -2.22. The molecular weight excluding hydrogens is 338 g/mol. The summed E-state index contributed by atoms with van der Waals surface area (Å²) in [5.41, 5.74) is 0.110. The van der Waals surface area contributed by atoms with Crippen LogP contribution in [0.3, 0.4) is 0 Å². The van der Waals surface area contributed by atoms with Gasteiger partial charge in [0.1, 0.15) is 5.54 Å². The molecule has 0 radical (unpaired) electrons. The highest BCUT2D eigenvalue weighted by atomic mass is 35.5. The minimum absolute atomic E-state index is 0.127. The first-order chi connectivity index (χ1) is 10.5. The predicted molar refractivity (Wildman–Crippen MR) is 90.2 cm³/mol. The first-order valence-electron chi connectivity index (χ1n) is 6.91. The molecule has 0 spiro atoms. The number of fused-ring (bicyclic) bond motifs is 1. The molecule has 0 saturated heterocycles. The Labute approximate surface area is 141 Å². The molecule has 7 heteroatoms. The van der Waals surface area contributed by atoms with Crippen molar-refractivity contribution in [3.63, 3.8) is 0 Å². The molecule has 1 fully saturated rings. The predicted octanol–water partition coefficient (Wildman–Crippen LogP) is 3.85. The van der Waals surface area contributed by atoms with Crippen LogP contribution in [0.15, 0.2) is 22.5 Å². The number of carbonyl (C=O) groups is 1. The van der Waals surface area contributed by atoms with Gasteiger partial charge in [0.2, 0.25) is 5.91 Å². The van der Waals surface area contributed by atoms with Gasteiger partial charge < -0.3 is 5.32 Å². The maximum atomic E-state index is 12.1. The van der Waals surface area contributed by atoms with Crippen LogP contribution in [0.5, 0.6) is 0 Å². The largest absolute Gasteiger partial charge is 0.337 e. The number of nitrogens with one attached hydrogen (secondary N) is 1. The second-order valence-electron chi connectivity index (χ2n) is 5.52. The van der Waals surface area contributed by atoms with Gasteiger partial charge in [-0.15, -0.1) is 11.3 Å². The minimum Gasteiger partial charge on any atom is -0.337 e. The van der Waals surface area contributed by atoms with Gasteiger partial charge in [-0.25, -0.2) is 4.98 Å². The van der Waals surface area contributed by atoms with E-state index in [4.69, 9.17) is 11.6 Å². The highest BCUT2D eigenvalue weighted by Crippen LogP contribution is 2.39. The summed E-state index contributed by atoms with van der Waals surface area (Å²) in [6.07, 6.45) is 2.02. The van der Waals surface area contributed by atoms with E-state index in [0.717, 1.165) is 27.4 Å². The number of hydrogen-bond donors (Lipinski definition) is 1. The lowest BCUT2D eigenvalue weighted by Crippen LogP contribution is -2.47. The lowest BCUT2D eigenvalue weighted by molar-refractivity contribution is -0.119. The molecule has 1 saturated carbocycles. The monoisotopic (exact) mass is 351 g/mol. The summed E-state index contributed by atoms with van der Waals surface area (Å²) in [4.78, 5) is 16.5. The number of carbonyl (C=O) groups excluding carboxylic acids is 1. The average molecular weight is 352 g/mol. The van der Waals surface area contributed by atoms with Crippen LogP contribution in [-0.2, 0) is 4.79 Å².